The molecule has 1 heterocycles. The second kappa shape index (κ2) is 6.50. The Morgan fingerprint density at radius 2 is 2.19 bits per heavy atom. The molecule has 0 saturated carbocycles. The molecule has 0 bridgehead atoms. The van der Waals surface area contributed by atoms with Crippen molar-refractivity contribution in [1.82, 2.24) is 10.0 Å². The number of sulfonamides is 1. The van der Waals surface area contributed by atoms with Crippen LogP contribution in [0.5, 0.6) is 0 Å². The lowest BCUT2D eigenvalue weighted by molar-refractivity contribution is -0.114. The van der Waals surface area contributed by atoms with Gasteiger partial charge in [-0.25, -0.2) is 17.5 Å². The molecule has 0 radical (unpaired) electrons. The summed E-state index contributed by atoms with van der Waals surface area (Å²) in [5.41, 5.74) is 0.221. The van der Waals surface area contributed by atoms with Crippen LogP contribution in [-0.4, -0.2) is 33.5 Å². The summed E-state index contributed by atoms with van der Waals surface area (Å²) < 4.78 is 40.8. The maximum absolute atomic E-state index is 14.0. The molecular formula is C13H18FN3O3S. The van der Waals surface area contributed by atoms with Gasteiger partial charge in [0.1, 0.15) is 10.7 Å². The highest BCUT2D eigenvalue weighted by Gasteiger charge is 2.24. The van der Waals surface area contributed by atoms with E-state index in [1.807, 2.05) is 0 Å². The van der Waals surface area contributed by atoms with Gasteiger partial charge in [-0.3, -0.25) is 4.79 Å². The number of hydrogen-bond acceptors (Lipinski definition) is 4. The highest BCUT2D eigenvalue weighted by atomic mass is 32.2. The van der Waals surface area contributed by atoms with Crippen molar-refractivity contribution in [3.63, 3.8) is 0 Å². The van der Waals surface area contributed by atoms with E-state index >= 15 is 0 Å². The first-order valence-electron chi connectivity index (χ1n) is 6.69. The van der Waals surface area contributed by atoms with Crippen molar-refractivity contribution in [2.75, 3.05) is 18.4 Å². The van der Waals surface area contributed by atoms with Crippen molar-refractivity contribution >= 4 is 21.6 Å². The lowest BCUT2D eigenvalue weighted by Crippen LogP contribution is -2.45. The zero-order chi connectivity index (χ0) is 15.5. The number of nitrogens with one attached hydrogen (secondary N) is 3. The third-order valence-corrected chi connectivity index (χ3v) is 4.71. The Labute approximate surface area is 123 Å². The molecule has 8 heteroatoms. The van der Waals surface area contributed by atoms with Crippen LogP contribution in [0.4, 0.5) is 10.1 Å². The normalized spacial score (nSPS) is 19.2. The minimum Gasteiger partial charge on any atom is -0.326 e. The summed E-state index contributed by atoms with van der Waals surface area (Å²) in [6.07, 6.45) is 1.59. The van der Waals surface area contributed by atoms with Gasteiger partial charge in [0.25, 0.3) is 0 Å². The molecule has 1 aromatic rings. The first-order valence-corrected chi connectivity index (χ1v) is 8.17. The molecule has 0 aliphatic carbocycles. The van der Waals surface area contributed by atoms with Gasteiger partial charge in [-0.2, -0.15) is 0 Å². The molecule has 0 aromatic heterocycles. The van der Waals surface area contributed by atoms with E-state index in [2.05, 4.69) is 15.4 Å². The van der Waals surface area contributed by atoms with Gasteiger partial charge in [0.05, 0.1) is 0 Å². The van der Waals surface area contributed by atoms with Crippen LogP contribution < -0.4 is 15.4 Å². The SMILES string of the molecule is CC(=O)Nc1ccc(S(=O)(=O)N[C@H]2CCCNC2)c(F)c1. The van der Waals surface area contributed by atoms with Gasteiger partial charge in [0, 0.05) is 25.2 Å². The van der Waals surface area contributed by atoms with Crippen LogP contribution in [0.2, 0.25) is 0 Å². The predicted octanol–water partition coefficient (Wildman–Crippen LogP) is 0.814. The first-order chi connectivity index (χ1) is 9.88. The lowest BCUT2D eigenvalue weighted by Gasteiger charge is -2.23. The molecule has 1 amide bonds. The van der Waals surface area contributed by atoms with E-state index in [-0.39, 0.29) is 17.6 Å². The van der Waals surface area contributed by atoms with E-state index in [1.165, 1.54) is 13.0 Å². The number of carbonyl (C=O) groups is 1. The Hall–Kier alpha value is -1.51. The zero-order valence-corrected chi connectivity index (χ0v) is 12.5. The molecule has 2 rings (SSSR count). The molecular weight excluding hydrogens is 297 g/mol. The predicted molar refractivity (Wildman–Crippen MR) is 76.9 cm³/mol. The number of rotatable bonds is 4. The van der Waals surface area contributed by atoms with Crippen molar-refractivity contribution in [3.05, 3.63) is 24.0 Å². The Bertz CT molecular complexity index is 628. The van der Waals surface area contributed by atoms with Crippen LogP contribution in [0.15, 0.2) is 23.1 Å². The van der Waals surface area contributed by atoms with E-state index in [9.17, 15) is 17.6 Å². The summed E-state index contributed by atoms with van der Waals surface area (Å²) in [6.45, 7) is 2.68. The smallest absolute Gasteiger partial charge is 0.243 e. The summed E-state index contributed by atoms with van der Waals surface area (Å²) in [5.74, 6) is -1.24. The van der Waals surface area contributed by atoms with Crippen LogP contribution in [-0.2, 0) is 14.8 Å². The fourth-order valence-electron chi connectivity index (χ4n) is 2.24. The van der Waals surface area contributed by atoms with Gasteiger partial charge < -0.3 is 10.6 Å². The zero-order valence-electron chi connectivity index (χ0n) is 11.6. The van der Waals surface area contributed by atoms with Gasteiger partial charge >= 0.3 is 0 Å². The summed E-state index contributed by atoms with van der Waals surface area (Å²) in [7, 11) is -3.91. The van der Waals surface area contributed by atoms with Crippen molar-refractivity contribution in [3.8, 4) is 0 Å². The van der Waals surface area contributed by atoms with Crippen molar-refractivity contribution in [1.29, 1.82) is 0 Å². The van der Waals surface area contributed by atoms with Crippen LogP contribution in [0, 0.1) is 5.82 Å². The molecule has 116 valence electrons. The lowest BCUT2D eigenvalue weighted by atomic mass is 10.1. The molecule has 21 heavy (non-hydrogen) atoms. The summed E-state index contributed by atoms with van der Waals surface area (Å²) in [5, 5.41) is 5.49. The van der Waals surface area contributed by atoms with E-state index < -0.39 is 20.7 Å². The van der Waals surface area contributed by atoms with E-state index in [0.717, 1.165) is 31.5 Å². The largest absolute Gasteiger partial charge is 0.326 e. The molecule has 1 atom stereocenters. The minimum atomic E-state index is -3.91. The topological polar surface area (TPSA) is 87.3 Å². The molecule has 1 saturated heterocycles. The average molecular weight is 315 g/mol. The van der Waals surface area contributed by atoms with Crippen molar-refractivity contribution in [2.24, 2.45) is 0 Å². The third kappa shape index (κ3) is 4.23. The summed E-state index contributed by atoms with van der Waals surface area (Å²) in [6, 6.07) is 3.27. The fourth-order valence-corrected chi connectivity index (χ4v) is 3.56. The Balaban J connectivity index is 2.17. The highest BCUT2D eigenvalue weighted by Crippen LogP contribution is 2.20. The Morgan fingerprint density at radius 3 is 2.76 bits per heavy atom. The molecule has 1 aliphatic rings. The second-order valence-electron chi connectivity index (χ2n) is 4.99. The molecule has 0 spiro atoms. The number of benzene rings is 1. The van der Waals surface area contributed by atoms with E-state index in [0.29, 0.717) is 6.54 Å². The number of carbonyl (C=O) groups excluding carboxylic acids is 1. The number of halogens is 1. The molecule has 0 unspecified atom stereocenters. The standard InChI is InChI=1S/C13H18FN3O3S/c1-9(18)16-10-4-5-13(12(14)7-10)21(19,20)17-11-3-2-6-15-8-11/h4-5,7,11,15,17H,2-3,6,8H2,1H3,(H,16,18)/t11-/m0/s1. The van der Waals surface area contributed by atoms with Gasteiger partial charge in [-0.1, -0.05) is 0 Å². The third-order valence-electron chi connectivity index (χ3n) is 3.16. The minimum absolute atomic E-state index is 0.221. The number of anilines is 1. The van der Waals surface area contributed by atoms with Crippen LogP contribution >= 0.6 is 0 Å². The maximum Gasteiger partial charge on any atom is 0.243 e. The quantitative estimate of drug-likeness (QED) is 0.767. The number of amides is 1. The van der Waals surface area contributed by atoms with Gasteiger partial charge in [0.2, 0.25) is 15.9 Å². The number of piperidine rings is 1. The van der Waals surface area contributed by atoms with Gasteiger partial charge in [-0.05, 0) is 37.6 Å². The first kappa shape index (κ1) is 15.9. The van der Waals surface area contributed by atoms with Crippen molar-refractivity contribution in [2.45, 2.75) is 30.7 Å². The summed E-state index contributed by atoms with van der Waals surface area (Å²) in [4.78, 5) is 10.5. The van der Waals surface area contributed by atoms with Gasteiger partial charge in [0.15, 0.2) is 0 Å². The Morgan fingerprint density at radius 1 is 1.43 bits per heavy atom. The average Bonchev–Trinajstić information content (AvgIpc) is 2.38. The van der Waals surface area contributed by atoms with Crippen LogP contribution in [0.1, 0.15) is 19.8 Å². The molecule has 3 N–H and O–H groups in total. The van der Waals surface area contributed by atoms with Crippen molar-refractivity contribution < 1.29 is 17.6 Å². The second-order valence-corrected chi connectivity index (χ2v) is 6.67. The monoisotopic (exact) mass is 315 g/mol. The maximum atomic E-state index is 14.0. The Kier molecular flexibility index (Phi) is 4.92. The molecule has 1 aliphatic heterocycles. The molecule has 6 nitrogen and oxygen atoms in total. The molecule has 1 fully saturated rings. The van der Waals surface area contributed by atoms with E-state index in [1.54, 1.807) is 0 Å². The van der Waals surface area contributed by atoms with Crippen LogP contribution in [0.25, 0.3) is 0 Å². The van der Waals surface area contributed by atoms with Gasteiger partial charge in [-0.15, -0.1) is 0 Å². The highest BCUT2D eigenvalue weighted by molar-refractivity contribution is 7.89. The fraction of sp³-hybridized carbons (Fsp3) is 0.462. The van der Waals surface area contributed by atoms with E-state index in [4.69, 9.17) is 0 Å². The number of hydrogen-bond donors (Lipinski definition) is 3. The summed E-state index contributed by atoms with van der Waals surface area (Å²) >= 11 is 0. The molecule has 1 aromatic carbocycles. The van der Waals surface area contributed by atoms with Crippen LogP contribution in [0.3, 0.4) is 0 Å².